The molecule has 90 valence electrons. The van der Waals surface area contributed by atoms with Gasteiger partial charge in [0.05, 0.1) is 12.7 Å². The number of ether oxygens (including phenoxy) is 1. The van der Waals surface area contributed by atoms with Gasteiger partial charge >= 0.3 is 0 Å². The van der Waals surface area contributed by atoms with E-state index in [0.717, 1.165) is 23.4 Å². The van der Waals surface area contributed by atoms with E-state index in [0.29, 0.717) is 13.0 Å². The number of aliphatic hydroxyl groups excluding tert-OH is 1. The van der Waals surface area contributed by atoms with Crippen molar-refractivity contribution in [1.29, 1.82) is 0 Å². The van der Waals surface area contributed by atoms with Gasteiger partial charge in [0, 0.05) is 18.5 Å². The van der Waals surface area contributed by atoms with Crippen molar-refractivity contribution in [2.24, 2.45) is 0 Å². The summed E-state index contributed by atoms with van der Waals surface area (Å²) in [5.41, 5.74) is 2.30. The van der Waals surface area contributed by atoms with E-state index in [2.05, 4.69) is 11.4 Å². The van der Waals surface area contributed by atoms with E-state index in [1.165, 1.54) is 0 Å². The van der Waals surface area contributed by atoms with Gasteiger partial charge in [-0.1, -0.05) is 18.2 Å². The highest BCUT2D eigenvalue weighted by Crippen LogP contribution is 2.23. The zero-order valence-electron chi connectivity index (χ0n) is 10.3. The Kier molecular flexibility index (Phi) is 5.29. The third-order valence-corrected chi connectivity index (χ3v) is 2.44. The molecule has 16 heavy (non-hydrogen) atoms. The number of nitrogens with one attached hydrogen (secondary N) is 1. The predicted octanol–water partition coefficient (Wildman–Crippen LogP) is 1.86. The minimum absolute atomic E-state index is 0.309. The lowest BCUT2D eigenvalue weighted by atomic mass is 10.1. The van der Waals surface area contributed by atoms with Gasteiger partial charge in [0.15, 0.2) is 0 Å². The third kappa shape index (κ3) is 3.83. The SMILES string of the molecule is CNCc1cccc(C)c1OCCC(C)O. The minimum Gasteiger partial charge on any atom is -0.493 e. The zero-order valence-corrected chi connectivity index (χ0v) is 10.3. The minimum atomic E-state index is -0.309. The van der Waals surface area contributed by atoms with E-state index < -0.39 is 0 Å². The van der Waals surface area contributed by atoms with E-state index in [1.54, 1.807) is 6.92 Å². The summed E-state index contributed by atoms with van der Waals surface area (Å²) in [4.78, 5) is 0. The molecule has 1 rings (SSSR count). The summed E-state index contributed by atoms with van der Waals surface area (Å²) < 4.78 is 5.73. The van der Waals surface area contributed by atoms with Crippen molar-refractivity contribution in [1.82, 2.24) is 5.32 Å². The van der Waals surface area contributed by atoms with Crippen LogP contribution in [0.4, 0.5) is 0 Å². The molecule has 1 aromatic rings. The molecule has 0 heterocycles. The molecule has 0 spiro atoms. The van der Waals surface area contributed by atoms with Crippen LogP contribution < -0.4 is 10.1 Å². The van der Waals surface area contributed by atoms with E-state index in [1.807, 2.05) is 26.1 Å². The van der Waals surface area contributed by atoms with Crippen LogP contribution >= 0.6 is 0 Å². The molecule has 0 aromatic heterocycles. The number of aryl methyl sites for hydroxylation is 1. The number of benzene rings is 1. The Labute approximate surface area is 97.4 Å². The van der Waals surface area contributed by atoms with Gasteiger partial charge in [-0.05, 0) is 26.5 Å². The van der Waals surface area contributed by atoms with Crippen LogP contribution in [0, 0.1) is 6.92 Å². The average molecular weight is 223 g/mol. The first-order valence-electron chi connectivity index (χ1n) is 5.69. The Balaban J connectivity index is 2.68. The summed E-state index contributed by atoms with van der Waals surface area (Å²) in [5, 5.41) is 12.3. The van der Waals surface area contributed by atoms with Crippen molar-refractivity contribution in [3.05, 3.63) is 29.3 Å². The van der Waals surface area contributed by atoms with Crippen LogP contribution in [0.5, 0.6) is 5.75 Å². The molecule has 0 fully saturated rings. The van der Waals surface area contributed by atoms with Crippen LogP contribution in [-0.2, 0) is 6.54 Å². The average Bonchev–Trinajstić information content (AvgIpc) is 2.22. The maximum absolute atomic E-state index is 9.18. The summed E-state index contributed by atoms with van der Waals surface area (Å²) in [6, 6.07) is 6.13. The van der Waals surface area contributed by atoms with Crippen molar-refractivity contribution in [2.75, 3.05) is 13.7 Å². The highest BCUT2D eigenvalue weighted by atomic mass is 16.5. The van der Waals surface area contributed by atoms with E-state index in [9.17, 15) is 5.11 Å². The summed E-state index contributed by atoms with van der Waals surface area (Å²) in [7, 11) is 1.92. The Morgan fingerprint density at radius 1 is 1.44 bits per heavy atom. The summed E-state index contributed by atoms with van der Waals surface area (Å²) in [6.07, 6.45) is 0.351. The van der Waals surface area contributed by atoms with Crippen LogP contribution in [0.1, 0.15) is 24.5 Å². The second-order valence-electron chi connectivity index (χ2n) is 4.08. The number of hydrogen-bond donors (Lipinski definition) is 2. The fourth-order valence-electron chi connectivity index (χ4n) is 1.58. The number of rotatable bonds is 6. The van der Waals surface area contributed by atoms with Crippen LogP contribution in [0.3, 0.4) is 0 Å². The molecule has 0 saturated carbocycles. The first-order chi connectivity index (χ1) is 7.65. The Bertz CT molecular complexity index is 324. The van der Waals surface area contributed by atoms with E-state index in [4.69, 9.17) is 4.74 Å². The van der Waals surface area contributed by atoms with Crippen molar-refractivity contribution in [3.63, 3.8) is 0 Å². The van der Waals surface area contributed by atoms with Crippen molar-refractivity contribution in [3.8, 4) is 5.75 Å². The van der Waals surface area contributed by atoms with Crippen molar-refractivity contribution in [2.45, 2.75) is 32.9 Å². The molecule has 2 N–H and O–H groups in total. The summed E-state index contributed by atoms with van der Waals surface area (Å²) >= 11 is 0. The van der Waals surface area contributed by atoms with Crippen LogP contribution in [0.15, 0.2) is 18.2 Å². The first-order valence-corrected chi connectivity index (χ1v) is 5.69. The maximum Gasteiger partial charge on any atom is 0.126 e. The molecule has 0 aliphatic heterocycles. The molecule has 3 heteroatoms. The summed E-state index contributed by atoms with van der Waals surface area (Å²) in [6.45, 7) is 5.16. The van der Waals surface area contributed by atoms with E-state index >= 15 is 0 Å². The molecule has 0 aliphatic rings. The van der Waals surface area contributed by atoms with Crippen molar-refractivity contribution >= 4 is 0 Å². The lowest BCUT2D eigenvalue weighted by Gasteiger charge is -2.14. The van der Waals surface area contributed by atoms with Gasteiger partial charge in [-0.15, -0.1) is 0 Å². The summed E-state index contributed by atoms with van der Waals surface area (Å²) in [5.74, 6) is 0.942. The first kappa shape index (κ1) is 13.0. The zero-order chi connectivity index (χ0) is 12.0. The number of para-hydroxylation sites is 1. The molecule has 1 unspecified atom stereocenters. The van der Waals surface area contributed by atoms with Crippen LogP contribution in [0.25, 0.3) is 0 Å². The Hall–Kier alpha value is -1.06. The Morgan fingerprint density at radius 3 is 2.81 bits per heavy atom. The lowest BCUT2D eigenvalue weighted by Crippen LogP contribution is -2.11. The number of hydrogen-bond acceptors (Lipinski definition) is 3. The standard InChI is InChI=1S/C13H21NO2/c1-10-5-4-6-12(9-14-3)13(10)16-8-7-11(2)15/h4-6,11,14-15H,7-9H2,1-3H3. The maximum atomic E-state index is 9.18. The van der Waals surface area contributed by atoms with Gasteiger partial charge in [-0.2, -0.15) is 0 Å². The molecule has 0 saturated heterocycles. The second-order valence-corrected chi connectivity index (χ2v) is 4.08. The highest BCUT2D eigenvalue weighted by molar-refractivity contribution is 5.40. The molecule has 1 atom stereocenters. The van der Waals surface area contributed by atoms with Crippen molar-refractivity contribution < 1.29 is 9.84 Å². The fourth-order valence-corrected chi connectivity index (χ4v) is 1.58. The van der Waals surface area contributed by atoms with Gasteiger partial charge in [0.25, 0.3) is 0 Å². The molecule has 0 aliphatic carbocycles. The molecule has 1 aromatic carbocycles. The lowest BCUT2D eigenvalue weighted by molar-refractivity contribution is 0.155. The third-order valence-electron chi connectivity index (χ3n) is 2.44. The van der Waals surface area contributed by atoms with Gasteiger partial charge in [-0.25, -0.2) is 0 Å². The fraction of sp³-hybridized carbons (Fsp3) is 0.538. The highest BCUT2D eigenvalue weighted by Gasteiger charge is 2.06. The van der Waals surface area contributed by atoms with E-state index in [-0.39, 0.29) is 6.10 Å². The normalized spacial score (nSPS) is 12.5. The molecule has 0 bridgehead atoms. The monoisotopic (exact) mass is 223 g/mol. The van der Waals surface area contributed by atoms with Gasteiger partial charge in [0.1, 0.15) is 5.75 Å². The quantitative estimate of drug-likeness (QED) is 0.773. The molecular weight excluding hydrogens is 202 g/mol. The van der Waals surface area contributed by atoms with Gasteiger partial charge in [0.2, 0.25) is 0 Å². The van der Waals surface area contributed by atoms with Crippen LogP contribution in [0.2, 0.25) is 0 Å². The predicted molar refractivity (Wildman–Crippen MR) is 65.7 cm³/mol. The molecule has 3 nitrogen and oxygen atoms in total. The van der Waals surface area contributed by atoms with Gasteiger partial charge < -0.3 is 15.2 Å². The number of aliphatic hydroxyl groups is 1. The second kappa shape index (κ2) is 6.51. The topological polar surface area (TPSA) is 41.5 Å². The molecule has 0 amide bonds. The molecular formula is C13H21NO2. The molecule has 0 radical (unpaired) electrons. The van der Waals surface area contributed by atoms with Gasteiger partial charge in [-0.3, -0.25) is 0 Å². The smallest absolute Gasteiger partial charge is 0.126 e. The van der Waals surface area contributed by atoms with Crippen LogP contribution in [-0.4, -0.2) is 24.9 Å². The Morgan fingerprint density at radius 2 is 2.19 bits per heavy atom. The largest absolute Gasteiger partial charge is 0.493 e.